The van der Waals surface area contributed by atoms with Crippen molar-refractivity contribution < 1.29 is 19.4 Å². The third-order valence-electron chi connectivity index (χ3n) is 2.58. The maximum atomic E-state index is 11.8. The molecule has 0 aliphatic carbocycles. The van der Waals surface area contributed by atoms with E-state index in [0.717, 1.165) is 0 Å². The van der Waals surface area contributed by atoms with Gasteiger partial charge >= 0.3 is 5.97 Å². The van der Waals surface area contributed by atoms with Gasteiger partial charge < -0.3 is 14.6 Å². The van der Waals surface area contributed by atoms with E-state index in [9.17, 15) is 9.90 Å². The lowest BCUT2D eigenvalue weighted by molar-refractivity contribution is -0.138. The van der Waals surface area contributed by atoms with E-state index in [2.05, 4.69) is 4.99 Å². The highest BCUT2D eigenvalue weighted by atomic mass is 16.5. The quantitative estimate of drug-likeness (QED) is 0.375. The second-order valence-electron chi connectivity index (χ2n) is 3.95. The number of esters is 1. The zero-order valence-corrected chi connectivity index (χ0v) is 11.9. The van der Waals surface area contributed by atoms with Crippen molar-refractivity contribution in [2.24, 2.45) is 4.99 Å². The summed E-state index contributed by atoms with van der Waals surface area (Å²) in [6.45, 7) is 3.44. The molecule has 5 heteroatoms. The van der Waals surface area contributed by atoms with Crippen LogP contribution in [0.2, 0.25) is 0 Å². The lowest BCUT2D eigenvalue weighted by Crippen LogP contribution is -2.19. The lowest BCUT2D eigenvalue weighted by Gasteiger charge is -2.11. The maximum absolute atomic E-state index is 11.8. The molecular weight excluding hydrogens is 258 g/mol. The van der Waals surface area contributed by atoms with Crippen molar-refractivity contribution in [3.8, 4) is 5.75 Å². The van der Waals surface area contributed by atoms with Crippen LogP contribution in [-0.2, 0) is 9.53 Å². The molecule has 0 fully saturated rings. The van der Waals surface area contributed by atoms with Crippen molar-refractivity contribution in [3.63, 3.8) is 0 Å². The fourth-order valence-electron chi connectivity index (χ4n) is 1.53. The number of rotatable bonds is 6. The second-order valence-corrected chi connectivity index (χ2v) is 3.95. The van der Waals surface area contributed by atoms with E-state index in [1.165, 1.54) is 0 Å². The summed E-state index contributed by atoms with van der Waals surface area (Å²) in [6.07, 6.45) is 0. The Kier molecular flexibility index (Phi) is 6.29. The first-order valence-electron chi connectivity index (χ1n) is 6.31. The predicted octanol–water partition coefficient (Wildman–Crippen LogP) is 2.53. The van der Waals surface area contributed by atoms with Crippen molar-refractivity contribution in [1.29, 1.82) is 0 Å². The van der Waals surface area contributed by atoms with E-state index in [1.54, 1.807) is 33.0 Å². The van der Waals surface area contributed by atoms with Crippen LogP contribution in [-0.4, -0.2) is 37.0 Å². The number of para-hydroxylation sites is 1. The summed E-state index contributed by atoms with van der Waals surface area (Å²) in [5, 5.41) is 10.0. The largest absolute Gasteiger partial charge is 0.508 e. The molecule has 108 valence electrons. The molecule has 1 rings (SSSR count). The number of carbonyl (C=O) groups is 1. The SMILES string of the molecule is CCOC(=O)/C(C(C)=NC)=C(\O)COc1ccccc1. The minimum absolute atomic E-state index is 0.0466. The number of nitrogens with zero attached hydrogens (tertiary/aromatic N) is 1. The summed E-state index contributed by atoms with van der Waals surface area (Å²) < 4.78 is 10.3. The average Bonchev–Trinajstić information content (AvgIpc) is 2.46. The topological polar surface area (TPSA) is 68.1 Å². The van der Waals surface area contributed by atoms with E-state index >= 15 is 0 Å². The fourth-order valence-corrected chi connectivity index (χ4v) is 1.53. The van der Waals surface area contributed by atoms with Crippen LogP contribution in [0.1, 0.15) is 13.8 Å². The van der Waals surface area contributed by atoms with Gasteiger partial charge in [-0.3, -0.25) is 4.99 Å². The van der Waals surface area contributed by atoms with Gasteiger partial charge in [-0.05, 0) is 26.0 Å². The Morgan fingerprint density at radius 3 is 2.50 bits per heavy atom. The van der Waals surface area contributed by atoms with Gasteiger partial charge in [0.2, 0.25) is 0 Å². The van der Waals surface area contributed by atoms with Crippen molar-refractivity contribution >= 4 is 11.7 Å². The average molecular weight is 277 g/mol. The molecule has 0 amide bonds. The molecule has 0 aliphatic rings. The monoisotopic (exact) mass is 277 g/mol. The normalized spacial score (nSPS) is 12.7. The fraction of sp³-hybridized carbons (Fsp3) is 0.333. The number of ether oxygens (including phenoxy) is 2. The molecule has 0 unspecified atom stereocenters. The number of benzene rings is 1. The first kappa shape index (κ1) is 15.8. The van der Waals surface area contributed by atoms with Crippen LogP contribution in [0.15, 0.2) is 46.7 Å². The van der Waals surface area contributed by atoms with Crippen LogP contribution in [0.5, 0.6) is 5.75 Å². The molecule has 1 aromatic rings. The number of aliphatic hydroxyl groups excluding tert-OH is 1. The van der Waals surface area contributed by atoms with Gasteiger partial charge in [0.1, 0.15) is 23.7 Å². The van der Waals surface area contributed by atoms with Crippen LogP contribution < -0.4 is 4.74 Å². The highest BCUT2D eigenvalue weighted by Crippen LogP contribution is 2.12. The minimum atomic E-state index is -0.607. The van der Waals surface area contributed by atoms with E-state index in [-0.39, 0.29) is 24.5 Å². The highest BCUT2D eigenvalue weighted by Gasteiger charge is 2.19. The first-order valence-corrected chi connectivity index (χ1v) is 6.31. The molecule has 20 heavy (non-hydrogen) atoms. The Balaban J connectivity index is 2.88. The number of hydrogen-bond acceptors (Lipinski definition) is 5. The van der Waals surface area contributed by atoms with Gasteiger partial charge in [0.15, 0.2) is 0 Å². The zero-order valence-electron chi connectivity index (χ0n) is 11.9. The molecule has 0 heterocycles. The van der Waals surface area contributed by atoms with Crippen LogP contribution in [0, 0.1) is 0 Å². The van der Waals surface area contributed by atoms with Crippen molar-refractivity contribution in [2.45, 2.75) is 13.8 Å². The summed E-state index contributed by atoms with van der Waals surface area (Å²) >= 11 is 0. The summed E-state index contributed by atoms with van der Waals surface area (Å²) in [5.74, 6) is -0.200. The smallest absolute Gasteiger partial charge is 0.343 e. The molecule has 0 saturated heterocycles. The van der Waals surface area contributed by atoms with E-state index in [0.29, 0.717) is 11.5 Å². The molecule has 0 aliphatic heterocycles. The highest BCUT2D eigenvalue weighted by molar-refractivity contribution is 6.19. The van der Waals surface area contributed by atoms with Crippen molar-refractivity contribution in [2.75, 3.05) is 20.3 Å². The van der Waals surface area contributed by atoms with Crippen molar-refractivity contribution in [1.82, 2.24) is 0 Å². The Bertz CT molecular complexity index is 506. The molecule has 0 saturated carbocycles. The molecule has 0 atom stereocenters. The number of carbonyl (C=O) groups excluding carboxylic acids is 1. The first-order chi connectivity index (χ1) is 9.60. The van der Waals surface area contributed by atoms with E-state index < -0.39 is 5.97 Å². The van der Waals surface area contributed by atoms with Gasteiger partial charge in [-0.15, -0.1) is 0 Å². The van der Waals surface area contributed by atoms with Gasteiger partial charge in [0, 0.05) is 12.8 Å². The molecule has 1 N–H and O–H groups in total. The summed E-state index contributed by atoms with van der Waals surface area (Å²) in [7, 11) is 1.54. The number of aliphatic hydroxyl groups is 1. The van der Waals surface area contributed by atoms with Crippen molar-refractivity contribution in [3.05, 3.63) is 41.7 Å². The molecule has 0 bridgehead atoms. The molecule has 0 radical (unpaired) electrons. The Morgan fingerprint density at radius 1 is 1.30 bits per heavy atom. The second kappa shape index (κ2) is 7.99. The van der Waals surface area contributed by atoms with Gasteiger partial charge in [0.25, 0.3) is 0 Å². The lowest BCUT2D eigenvalue weighted by atomic mass is 10.1. The van der Waals surface area contributed by atoms with Gasteiger partial charge in [-0.25, -0.2) is 4.79 Å². The Labute approximate surface area is 118 Å². The molecule has 0 spiro atoms. The van der Waals surface area contributed by atoms with Gasteiger partial charge in [0.05, 0.1) is 6.61 Å². The zero-order chi connectivity index (χ0) is 15.0. The third-order valence-corrected chi connectivity index (χ3v) is 2.58. The van der Waals surface area contributed by atoms with Gasteiger partial charge in [-0.1, -0.05) is 18.2 Å². The van der Waals surface area contributed by atoms with E-state index in [1.807, 2.05) is 18.2 Å². The predicted molar refractivity (Wildman–Crippen MR) is 77.3 cm³/mol. The summed E-state index contributed by atoms with van der Waals surface area (Å²) in [5.41, 5.74) is 0.447. The third kappa shape index (κ3) is 4.42. The Morgan fingerprint density at radius 2 is 1.95 bits per heavy atom. The summed E-state index contributed by atoms with van der Waals surface area (Å²) in [6, 6.07) is 9.03. The van der Waals surface area contributed by atoms with E-state index in [4.69, 9.17) is 9.47 Å². The standard InChI is InChI=1S/C15H19NO4/c1-4-19-15(18)14(11(2)16-3)13(17)10-20-12-8-6-5-7-9-12/h5-9,17H,4,10H2,1-3H3/b14-13-,16-11?. The molecule has 1 aromatic carbocycles. The number of hydrogen-bond donors (Lipinski definition) is 1. The molecule has 0 aromatic heterocycles. The molecular formula is C15H19NO4. The maximum Gasteiger partial charge on any atom is 0.343 e. The Hall–Kier alpha value is -2.30. The van der Waals surface area contributed by atoms with Crippen LogP contribution in [0.4, 0.5) is 0 Å². The van der Waals surface area contributed by atoms with Crippen LogP contribution >= 0.6 is 0 Å². The van der Waals surface area contributed by atoms with Crippen LogP contribution in [0.3, 0.4) is 0 Å². The molecule has 5 nitrogen and oxygen atoms in total. The number of aliphatic imine (C=N–C) groups is 1. The van der Waals surface area contributed by atoms with Crippen LogP contribution in [0.25, 0.3) is 0 Å². The minimum Gasteiger partial charge on any atom is -0.508 e. The van der Waals surface area contributed by atoms with Gasteiger partial charge in [-0.2, -0.15) is 0 Å². The summed E-state index contributed by atoms with van der Waals surface area (Å²) in [4.78, 5) is 15.7.